The first-order valence-corrected chi connectivity index (χ1v) is 13.9. The number of anilines is 1. The summed E-state index contributed by atoms with van der Waals surface area (Å²) < 4.78 is 15.4. The third-order valence-electron chi connectivity index (χ3n) is 7.39. The zero-order valence-electron chi connectivity index (χ0n) is 23.0. The SMILES string of the molecule is CCCCC(CC)C(=O)N1CCN(c2nc(CCC(C)C)nc3c2c(C)nn3-c2ccc(F)cc2)CC1. The number of carbonyl (C=O) groups is 1. The summed E-state index contributed by atoms with van der Waals surface area (Å²) in [7, 11) is 0. The number of halogens is 1. The van der Waals surface area contributed by atoms with Crippen LogP contribution in [0.2, 0.25) is 0 Å². The smallest absolute Gasteiger partial charge is 0.225 e. The van der Waals surface area contributed by atoms with Crippen molar-refractivity contribution in [2.24, 2.45) is 11.8 Å². The molecule has 1 saturated heterocycles. The predicted molar refractivity (Wildman–Crippen MR) is 147 cm³/mol. The number of aromatic nitrogens is 4. The molecular weight excluding hydrogens is 467 g/mol. The van der Waals surface area contributed by atoms with Crippen LogP contribution >= 0.6 is 0 Å². The molecule has 4 rings (SSSR count). The van der Waals surface area contributed by atoms with Crippen LogP contribution in [0.5, 0.6) is 0 Å². The van der Waals surface area contributed by atoms with Gasteiger partial charge in [-0.1, -0.05) is 40.5 Å². The van der Waals surface area contributed by atoms with Crippen LogP contribution in [0.15, 0.2) is 24.3 Å². The number of hydrogen-bond donors (Lipinski definition) is 0. The molecule has 1 aromatic carbocycles. The van der Waals surface area contributed by atoms with Crippen molar-refractivity contribution in [3.63, 3.8) is 0 Å². The lowest BCUT2D eigenvalue weighted by Gasteiger charge is -2.37. The van der Waals surface area contributed by atoms with E-state index in [1.165, 1.54) is 12.1 Å². The van der Waals surface area contributed by atoms with Gasteiger partial charge in [-0.2, -0.15) is 5.10 Å². The minimum atomic E-state index is -0.280. The van der Waals surface area contributed by atoms with Crippen LogP contribution in [-0.2, 0) is 11.2 Å². The lowest BCUT2D eigenvalue weighted by molar-refractivity contribution is -0.136. The first kappa shape index (κ1) is 27.0. The molecule has 1 unspecified atom stereocenters. The Morgan fingerprint density at radius 2 is 1.73 bits per heavy atom. The Bertz CT molecular complexity index is 1200. The molecular formula is C29H41FN6O. The van der Waals surface area contributed by atoms with Crippen LogP contribution in [0.3, 0.4) is 0 Å². The van der Waals surface area contributed by atoms with E-state index in [0.717, 1.165) is 85.7 Å². The van der Waals surface area contributed by atoms with Gasteiger partial charge in [0.2, 0.25) is 5.91 Å². The number of nitrogens with zero attached hydrogens (tertiary/aromatic N) is 6. The van der Waals surface area contributed by atoms with Crippen LogP contribution in [-0.4, -0.2) is 56.7 Å². The highest BCUT2D eigenvalue weighted by Crippen LogP contribution is 2.30. The second-order valence-corrected chi connectivity index (χ2v) is 10.6. The number of rotatable bonds is 10. The van der Waals surface area contributed by atoms with E-state index in [1.54, 1.807) is 16.8 Å². The molecule has 1 atom stereocenters. The number of aryl methyl sites for hydroxylation is 2. The third kappa shape index (κ3) is 6.11. The summed E-state index contributed by atoms with van der Waals surface area (Å²) in [6.07, 6.45) is 5.85. The molecule has 0 saturated carbocycles. The predicted octanol–water partition coefficient (Wildman–Crippen LogP) is 5.72. The van der Waals surface area contributed by atoms with E-state index < -0.39 is 0 Å². The molecule has 200 valence electrons. The maximum atomic E-state index is 13.6. The van der Waals surface area contributed by atoms with Crippen LogP contribution in [0.4, 0.5) is 10.2 Å². The van der Waals surface area contributed by atoms with Crippen LogP contribution in [0.25, 0.3) is 16.7 Å². The highest BCUT2D eigenvalue weighted by Gasteiger charge is 2.29. The molecule has 8 heteroatoms. The average Bonchev–Trinajstić information content (AvgIpc) is 3.24. The van der Waals surface area contributed by atoms with Crippen molar-refractivity contribution in [2.75, 3.05) is 31.1 Å². The Morgan fingerprint density at radius 1 is 1.03 bits per heavy atom. The van der Waals surface area contributed by atoms with Gasteiger partial charge >= 0.3 is 0 Å². The van der Waals surface area contributed by atoms with E-state index in [2.05, 4.69) is 32.6 Å². The van der Waals surface area contributed by atoms with E-state index in [0.29, 0.717) is 24.9 Å². The number of unbranched alkanes of at least 4 members (excludes halogenated alkanes) is 1. The molecule has 7 nitrogen and oxygen atoms in total. The molecule has 1 amide bonds. The molecule has 1 aliphatic rings. The van der Waals surface area contributed by atoms with Crippen molar-refractivity contribution < 1.29 is 9.18 Å². The highest BCUT2D eigenvalue weighted by molar-refractivity contribution is 5.91. The van der Waals surface area contributed by atoms with Gasteiger partial charge in [0, 0.05) is 38.5 Å². The Kier molecular flexibility index (Phi) is 8.77. The summed E-state index contributed by atoms with van der Waals surface area (Å²) in [5.41, 5.74) is 2.36. The first-order valence-electron chi connectivity index (χ1n) is 13.9. The summed E-state index contributed by atoms with van der Waals surface area (Å²) in [6, 6.07) is 6.34. The topological polar surface area (TPSA) is 67.2 Å². The van der Waals surface area contributed by atoms with Crippen molar-refractivity contribution in [3.05, 3.63) is 41.6 Å². The van der Waals surface area contributed by atoms with E-state index in [9.17, 15) is 9.18 Å². The minimum Gasteiger partial charge on any atom is -0.352 e. The fourth-order valence-corrected chi connectivity index (χ4v) is 5.08. The zero-order chi connectivity index (χ0) is 26.5. The number of amides is 1. The van der Waals surface area contributed by atoms with Gasteiger partial charge in [0.15, 0.2) is 5.65 Å². The molecule has 0 bridgehead atoms. The van der Waals surface area contributed by atoms with Crippen LogP contribution in [0, 0.1) is 24.6 Å². The second kappa shape index (κ2) is 12.0. The molecule has 0 spiro atoms. The maximum absolute atomic E-state index is 13.6. The number of hydrogen-bond acceptors (Lipinski definition) is 5. The summed E-state index contributed by atoms with van der Waals surface area (Å²) in [5, 5.41) is 5.71. The monoisotopic (exact) mass is 508 g/mol. The third-order valence-corrected chi connectivity index (χ3v) is 7.39. The Balaban J connectivity index is 1.64. The standard InChI is InChI=1S/C29H41FN6O/c1-6-8-9-22(7-2)29(37)35-18-16-34(17-19-35)27-26-21(5)33-36(24-13-11-23(30)12-14-24)28(26)32-25(31-27)15-10-20(3)4/h11-14,20,22H,6-10,15-19H2,1-5H3. The number of piperazine rings is 1. The van der Waals surface area contributed by atoms with Gasteiger partial charge in [-0.15, -0.1) is 0 Å². The molecule has 3 aromatic rings. The van der Waals surface area contributed by atoms with Gasteiger partial charge in [-0.3, -0.25) is 4.79 Å². The summed E-state index contributed by atoms with van der Waals surface area (Å²) >= 11 is 0. The molecule has 0 radical (unpaired) electrons. The minimum absolute atomic E-state index is 0.121. The maximum Gasteiger partial charge on any atom is 0.225 e. The van der Waals surface area contributed by atoms with Gasteiger partial charge in [0.25, 0.3) is 0 Å². The van der Waals surface area contributed by atoms with Crippen molar-refractivity contribution in [1.29, 1.82) is 0 Å². The van der Waals surface area contributed by atoms with Crippen molar-refractivity contribution >= 4 is 22.8 Å². The fourth-order valence-electron chi connectivity index (χ4n) is 5.08. The quantitative estimate of drug-likeness (QED) is 0.351. The molecule has 0 aliphatic carbocycles. The normalized spacial score (nSPS) is 15.1. The number of benzene rings is 1. The number of carbonyl (C=O) groups excluding carboxylic acids is 1. The van der Waals surface area contributed by atoms with Gasteiger partial charge in [0.05, 0.1) is 16.8 Å². The highest BCUT2D eigenvalue weighted by atomic mass is 19.1. The van der Waals surface area contributed by atoms with E-state index in [1.807, 2.05) is 11.8 Å². The van der Waals surface area contributed by atoms with E-state index in [-0.39, 0.29) is 11.7 Å². The summed E-state index contributed by atoms with van der Waals surface area (Å²) in [5.74, 6) is 2.36. The molecule has 1 fully saturated rings. The lowest BCUT2D eigenvalue weighted by Crippen LogP contribution is -2.50. The molecule has 2 aromatic heterocycles. The molecule has 3 heterocycles. The largest absolute Gasteiger partial charge is 0.352 e. The Morgan fingerprint density at radius 3 is 2.35 bits per heavy atom. The fraction of sp³-hybridized carbons (Fsp3) is 0.586. The van der Waals surface area contributed by atoms with Crippen molar-refractivity contribution in [1.82, 2.24) is 24.6 Å². The number of fused-ring (bicyclic) bond motifs is 1. The van der Waals surface area contributed by atoms with Gasteiger partial charge in [0.1, 0.15) is 17.5 Å². The molecule has 0 N–H and O–H groups in total. The second-order valence-electron chi connectivity index (χ2n) is 10.6. The Labute approximate surface area is 220 Å². The van der Waals surface area contributed by atoms with Gasteiger partial charge in [-0.05, 0) is 56.4 Å². The first-order chi connectivity index (χ1) is 17.8. The van der Waals surface area contributed by atoms with Crippen molar-refractivity contribution in [3.8, 4) is 5.69 Å². The molecule has 1 aliphatic heterocycles. The van der Waals surface area contributed by atoms with E-state index >= 15 is 0 Å². The zero-order valence-corrected chi connectivity index (χ0v) is 23.0. The van der Waals surface area contributed by atoms with E-state index in [4.69, 9.17) is 15.1 Å². The van der Waals surface area contributed by atoms with Crippen LogP contribution in [0.1, 0.15) is 71.3 Å². The van der Waals surface area contributed by atoms with Gasteiger partial charge < -0.3 is 9.80 Å². The van der Waals surface area contributed by atoms with Crippen LogP contribution < -0.4 is 4.90 Å². The van der Waals surface area contributed by atoms with Crippen molar-refractivity contribution in [2.45, 2.75) is 73.1 Å². The average molecular weight is 509 g/mol. The lowest BCUT2D eigenvalue weighted by atomic mass is 9.97. The molecule has 37 heavy (non-hydrogen) atoms. The summed E-state index contributed by atoms with van der Waals surface area (Å²) in [6.45, 7) is 13.5. The Hall–Kier alpha value is -3.03. The summed E-state index contributed by atoms with van der Waals surface area (Å²) in [4.78, 5) is 27.5. The van der Waals surface area contributed by atoms with Gasteiger partial charge in [-0.25, -0.2) is 19.0 Å².